The Bertz CT molecular complexity index is 350. The molecule has 17 heavy (non-hydrogen) atoms. The Morgan fingerprint density at radius 1 is 1.29 bits per heavy atom. The molecule has 0 aliphatic heterocycles. The molecule has 0 saturated carbocycles. The molecule has 1 atom stereocenters. The Morgan fingerprint density at radius 2 is 2.00 bits per heavy atom. The van der Waals surface area contributed by atoms with E-state index in [0.29, 0.717) is 12.4 Å². The van der Waals surface area contributed by atoms with Crippen molar-refractivity contribution in [2.75, 3.05) is 13.2 Å². The molecule has 0 saturated heterocycles. The third kappa shape index (κ3) is 4.75. The lowest BCUT2D eigenvalue weighted by Crippen LogP contribution is -2.24. The fourth-order valence-corrected chi connectivity index (χ4v) is 1.70. The normalized spacial score (nSPS) is 13.0. The maximum absolute atomic E-state index is 9.84. The van der Waals surface area contributed by atoms with Crippen molar-refractivity contribution >= 4 is 0 Å². The average Bonchev–Trinajstić information content (AvgIpc) is 2.23. The van der Waals surface area contributed by atoms with Crippen molar-refractivity contribution in [2.24, 2.45) is 0 Å². The monoisotopic (exact) mass is 237 g/mol. The number of phenols is 1. The SMILES string of the molecule is Cc1ccc(C(C)NCCOC(C)C)c(O)c1. The van der Waals surface area contributed by atoms with Gasteiger partial charge in [0.05, 0.1) is 12.7 Å². The van der Waals surface area contributed by atoms with Crippen LogP contribution in [0.2, 0.25) is 0 Å². The molecule has 0 radical (unpaired) electrons. The zero-order valence-electron chi connectivity index (χ0n) is 11.2. The molecule has 0 heterocycles. The minimum atomic E-state index is 0.131. The van der Waals surface area contributed by atoms with Crippen molar-refractivity contribution in [2.45, 2.75) is 39.8 Å². The van der Waals surface area contributed by atoms with Crippen molar-refractivity contribution in [1.29, 1.82) is 0 Å². The van der Waals surface area contributed by atoms with Gasteiger partial charge in [-0.15, -0.1) is 0 Å². The zero-order valence-corrected chi connectivity index (χ0v) is 11.2. The second kappa shape index (κ2) is 6.62. The average molecular weight is 237 g/mol. The van der Waals surface area contributed by atoms with Crippen molar-refractivity contribution in [3.05, 3.63) is 29.3 Å². The summed E-state index contributed by atoms with van der Waals surface area (Å²) in [5.41, 5.74) is 2.00. The Balaban J connectivity index is 2.44. The van der Waals surface area contributed by atoms with E-state index < -0.39 is 0 Å². The highest BCUT2D eigenvalue weighted by atomic mass is 16.5. The Labute approximate surface area is 104 Å². The van der Waals surface area contributed by atoms with Crippen molar-refractivity contribution in [1.82, 2.24) is 5.32 Å². The molecule has 1 aromatic rings. The highest BCUT2D eigenvalue weighted by Gasteiger charge is 2.09. The highest BCUT2D eigenvalue weighted by molar-refractivity contribution is 5.37. The van der Waals surface area contributed by atoms with Crippen LogP contribution in [0.3, 0.4) is 0 Å². The van der Waals surface area contributed by atoms with Crippen LogP contribution >= 0.6 is 0 Å². The third-order valence-electron chi connectivity index (χ3n) is 2.66. The smallest absolute Gasteiger partial charge is 0.120 e. The molecule has 0 spiro atoms. The van der Waals surface area contributed by atoms with Crippen LogP contribution in [0.4, 0.5) is 0 Å². The van der Waals surface area contributed by atoms with E-state index in [9.17, 15) is 5.11 Å². The lowest BCUT2D eigenvalue weighted by molar-refractivity contribution is 0.0796. The van der Waals surface area contributed by atoms with Crippen LogP contribution in [-0.2, 0) is 4.74 Å². The van der Waals surface area contributed by atoms with Crippen LogP contribution in [0.15, 0.2) is 18.2 Å². The van der Waals surface area contributed by atoms with E-state index in [1.165, 1.54) is 0 Å². The topological polar surface area (TPSA) is 41.5 Å². The summed E-state index contributed by atoms with van der Waals surface area (Å²) < 4.78 is 5.45. The third-order valence-corrected chi connectivity index (χ3v) is 2.66. The zero-order chi connectivity index (χ0) is 12.8. The Morgan fingerprint density at radius 3 is 2.59 bits per heavy atom. The van der Waals surface area contributed by atoms with Gasteiger partial charge in [-0.05, 0) is 39.3 Å². The van der Waals surface area contributed by atoms with Gasteiger partial charge in [-0.2, -0.15) is 0 Å². The van der Waals surface area contributed by atoms with Gasteiger partial charge in [-0.1, -0.05) is 12.1 Å². The molecule has 3 nitrogen and oxygen atoms in total. The fraction of sp³-hybridized carbons (Fsp3) is 0.571. The maximum atomic E-state index is 9.84. The first-order valence-corrected chi connectivity index (χ1v) is 6.15. The molecule has 0 aromatic heterocycles. The summed E-state index contributed by atoms with van der Waals surface area (Å²) in [4.78, 5) is 0. The van der Waals surface area contributed by atoms with Crippen LogP contribution in [-0.4, -0.2) is 24.4 Å². The summed E-state index contributed by atoms with van der Waals surface area (Å²) in [5.74, 6) is 0.356. The van der Waals surface area contributed by atoms with Crippen molar-refractivity contribution < 1.29 is 9.84 Å². The Hall–Kier alpha value is -1.06. The van der Waals surface area contributed by atoms with Gasteiger partial charge in [-0.3, -0.25) is 0 Å². The molecule has 0 bridgehead atoms. The summed E-state index contributed by atoms with van der Waals surface area (Å²) >= 11 is 0. The van der Waals surface area contributed by atoms with Gasteiger partial charge < -0.3 is 15.2 Å². The summed E-state index contributed by atoms with van der Waals surface area (Å²) in [5, 5.41) is 13.2. The second-order valence-electron chi connectivity index (χ2n) is 4.66. The van der Waals surface area contributed by atoms with Crippen LogP contribution in [0, 0.1) is 6.92 Å². The second-order valence-corrected chi connectivity index (χ2v) is 4.66. The van der Waals surface area contributed by atoms with Gasteiger partial charge in [0.25, 0.3) is 0 Å². The highest BCUT2D eigenvalue weighted by Crippen LogP contribution is 2.24. The molecule has 0 aliphatic rings. The number of benzene rings is 1. The quantitative estimate of drug-likeness (QED) is 0.748. The van der Waals surface area contributed by atoms with Gasteiger partial charge in [0, 0.05) is 18.2 Å². The molecular formula is C14H23NO2. The van der Waals surface area contributed by atoms with Crippen molar-refractivity contribution in [3.8, 4) is 5.75 Å². The molecule has 0 amide bonds. The standard InChI is InChI=1S/C14H23NO2/c1-10(2)17-8-7-15-12(4)13-6-5-11(3)9-14(13)16/h5-6,9-10,12,15-16H,7-8H2,1-4H3. The predicted octanol–water partition coefficient (Wildman–Crippen LogP) is 2.78. The van der Waals surface area contributed by atoms with Gasteiger partial charge in [0.15, 0.2) is 0 Å². The number of hydrogen-bond donors (Lipinski definition) is 2. The van der Waals surface area contributed by atoms with Gasteiger partial charge >= 0.3 is 0 Å². The first-order valence-electron chi connectivity index (χ1n) is 6.15. The van der Waals surface area contributed by atoms with E-state index in [2.05, 4.69) is 5.32 Å². The largest absolute Gasteiger partial charge is 0.508 e. The predicted molar refractivity (Wildman–Crippen MR) is 70.3 cm³/mol. The summed E-state index contributed by atoms with van der Waals surface area (Å²) in [6.07, 6.45) is 0.264. The molecular weight excluding hydrogens is 214 g/mol. The molecule has 2 N–H and O–H groups in total. The van der Waals surface area contributed by atoms with Gasteiger partial charge in [0.2, 0.25) is 0 Å². The molecule has 1 unspecified atom stereocenters. The van der Waals surface area contributed by atoms with Crippen LogP contribution in [0.5, 0.6) is 5.75 Å². The lowest BCUT2D eigenvalue weighted by Gasteiger charge is -2.16. The summed E-state index contributed by atoms with van der Waals surface area (Å²) in [6, 6.07) is 5.90. The number of ether oxygens (including phenoxy) is 1. The number of hydrogen-bond acceptors (Lipinski definition) is 3. The van der Waals surface area contributed by atoms with Crippen LogP contribution in [0.1, 0.15) is 37.9 Å². The van der Waals surface area contributed by atoms with Gasteiger partial charge in [0.1, 0.15) is 5.75 Å². The molecule has 0 aliphatic carbocycles. The van der Waals surface area contributed by atoms with E-state index in [4.69, 9.17) is 4.74 Å². The van der Waals surface area contributed by atoms with Crippen LogP contribution in [0.25, 0.3) is 0 Å². The lowest BCUT2D eigenvalue weighted by atomic mass is 10.1. The fourth-order valence-electron chi connectivity index (χ4n) is 1.70. The summed E-state index contributed by atoms with van der Waals surface area (Å²) in [6.45, 7) is 9.53. The van der Waals surface area contributed by atoms with E-state index in [0.717, 1.165) is 17.7 Å². The van der Waals surface area contributed by atoms with Gasteiger partial charge in [-0.25, -0.2) is 0 Å². The number of nitrogens with one attached hydrogen (secondary N) is 1. The maximum Gasteiger partial charge on any atom is 0.120 e. The molecule has 3 heteroatoms. The first kappa shape index (κ1) is 14.0. The minimum Gasteiger partial charge on any atom is -0.508 e. The summed E-state index contributed by atoms with van der Waals surface area (Å²) in [7, 11) is 0. The molecule has 0 fully saturated rings. The molecule has 1 aromatic carbocycles. The van der Waals surface area contributed by atoms with E-state index in [1.807, 2.05) is 39.8 Å². The minimum absolute atomic E-state index is 0.131. The number of phenolic OH excluding ortho intramolecular Hbond substituents is 1. The van der Waals surface area contributed by atoms with E-state index >= 15 is 0 Å². The number of aromatic hydroxyl groups is 1. The molecule has 1 rings (SSSR count). The van der Waals surface area contributed by atoms with Crippen molar-refractivity contribution in [3.63, 3.8) is 0 Å². The van der Waals surface area contributed by atoms with E-state index in [-0.39, 0.29) is 12.1 Å². The Kier molecular flexibility index (Phi) is 5.45. The first-order chi connectivity index (χ1) is 8.00. The van der Waals surface area contributed by atoms with Crippen LogP contribution < -0.4 is 5.32 Å². The number of aryl methyl sites for hydroxylation is 1. The molecule has 96 valence electrons. The van der Waals surface area contributed by atoms with E-state index in [1.54, 1.807) is 6.07 Å². The number of rotatable bonds is 6.